The molecule has 0 aliphatic carbocycles. The molecule has 1 rings (SSSR count). The molecule has 174 valence electrons. The van der Waals surface area contributed by atoms with Crippen molar-refractivity contribution in [1.82, 2.24) is 25.9 Å². The van der Waals surface area contributed by atoms with Gasteiger partial charge in [-0.3, -0.25) is 19.2 Å². The number of rotatable bonds is 15. The normalized spacial score (nSPS) is 13.6. The molecule has 0 fully saturated rings. The van der Waals surface area contributed by atoms with Crippen LogP contribution in [0.2, 0.25) is 0 Å². The Labute approximate surface area is 189 Å². The molecule has 0 spiro atoms. The highest BCUT2D eigenvalue weighted by Crippen LogP contribution is 2.06. The molecule has 3 amide bonds. The molecule has 0 bridgehead atoms. The molecule has 11 nitrogen and oxygen atoms in total. The highest BCUT2D eigenvalue weighted by molar-refractivity contribution is 7.98. The molecule has 1 aromatic rings. The number of imidazole rings is 1. The summed E-state index contributed by atoms with van der Waals surface area (Å²) in [5, 5.41) is 16.3. The molecular weight excluding hydrogens is 444 g/mol. The van der Waals surface area contributed by atoms with Gasteiger partial charge in [-0.05, 0) is 36.9 Å². The van der Waals surface area contributed by atoms with E-state index in [1.54, 1.807) is 6.20 Å². The Morgan fingerprint density at radius 1 is 1.06 bits per heavy atom. The number of carboxylic acids is 1. The Morgan fingerprint density at radius 2 is 1.65 bits per heavy atom. The third-order valence-corrected chi connectivity index (χ3v) is 5.52. The third kappa shape index (κ3) is 10.6. The van der Waals surface area contributed by atoms with E-state index in [0.29, 0.717) is 30.0 Å². The minimum absolute atomic E-state index is 0.233. The molecule has 3 atom stereocenters. The summed E-state index contributed by atoms with van der Waals surface area (Å²) in [5.41, 5.74) is 6.64. The van der Waals surface area contributed by atoms with Crippen LogP contribution in [-0.4, -0.2) is 87.5 Å². The van der Waals surface area contributed by atoms with Gasteiger partial charge in [0, 0.05) is 18.3 Å². The van der Waals surface area contributed by atoms with Crippen molar-refractivity contribution in [2.45, 2.75) is 37.4 Å². The zero-order chi connectivity index (χ0) is 23.2. The number of hydrogen-bond donors (Lipinski definition) is 6. The molecule has 3 unspecified atom stereocenters. The molecule has 31 heavy (non-hydrogen) atoms. The first-order chi connectivity index (χ1) is 14.8. The summed E-state index contributed by atoms with van der Waals surface area (Å²) in [7, 11) is 0. The van der Waals surface area contributed by atoms with Gasteiger partial charge in [-0.2, -0.15) is 23.5 Å². The van der Waals surface area contributed by atoms with Crippen LogP contribution in [0.3, 0.4) is 0 Å². The molecule has 1 heterocycles. The first-order valence-electron chi connectivity index (χ1n) is 9.59. The summed E-state index contributed by atoms with van der Waals surface area (Å²) in [6.45, 7) is -0.542. The maximum atomic E-state index is 12.8. The number of thioether (sulfide) groups is 2. The molecule has 0 saturated carbocycles. The van der Waals surface area contributed by atoms with Crippen LogP contribution in [0.25, 0.3) is 0 Å². The second kappa shape index (κ2) is 14.7. The van der Waals surface area contributed by atoms with E-state index in [1.165, 1.54) is 29.9 Å². The van der Waals surface area contributed by atoms with E-state index in [2.05, 4.69) is 25.9 Å². The van der Waals surface area contributed by atoms with Crippen LogP contribution in [0.4, 0.5) is 0 Å². The number of aromatic amines is 1. The molecule has 1 aromatic heterocycles. The summed E-state index contributed by atoms with van der Waals surface area (Å²) < 4.78 is 0. The highest BCUT2D eigenvalue weighted by Gasteiger charge is 2.28. The number of nitrogens with two attached hydrogens (primary N) is 1. The molecule has 0 saturated heterocycles. The van der Waals surface area contributed by atoms with Crippen LogP contribution in [0.1, 0.15) is 18.5 Å². The standard InChI is InChI=1S/C18H30N6O5S2/c1-30-5-3-13(17(28)21-9-15(25)26)24-18(29)14(4-6-31-2)23-16(27)12(19)7-11-8-20-10-22-11/h8,10,12-14H,3-7,9,19H2,1-2H3,(H,20,22)(H,21,28)(H,23,27)(H,24,29)(H,25,26). The van der Waals surface area contributed by atoms with E-state index in [1.807, 2.05) is 12.5 Å². The predicted molar refractivity (Wildman–Crippen MR) is 121 cm³/mol. The van der Waals surface area contributed by atoms with E-state index in [4.69, 9.17) is 10.8 Å². The van der Waals surface area contributed by atoms with E-state index in [-0.39, 0.29) is 6.42 Å². The van der Waals surface area contributed by atoms with Crippen molar-refractivity contribution in [1.29, 1.82) is 0 Å². The van der Waals surface area contributed by atoms with Gasteiger partial charge in [-0.1, -0.05) is 0 Å². The topological polar surface area (TPSA) is 179 Å². The Hall–Kier alpha value is -2.25. The SMILES string of the molecule is CSCCC(NC(=O)C(N)Cc1cnc[nH]1)C(=O)NC(CCSC)C(=O)NCC(=O)O. The Balaban J connectivity index is 2.78. The smallest absolute Gasteiger partial charge is 0.322 e. The lowest BCUT2D eigenvalue weighted by atomic mass is 10.1. The van der Waals surface area contributed by atoms with Crippen LogP contribution in [0.15, 0.2) is 12.5 Å². The number of H-pyrrole nitrogens is 1. The van der Waals surface area contributed by atoms with Crippen molar-refractivity contribution in [2.24, 2.45) is 5.73 Å². The van der Waals surface area contributed by atoms with Crippen LogP contribution >= 0.6 is 23.5 Å². The zero-order valence-corrected chi connectivity index (χ0v) is 19.2. The first-order valence-corrected chi connectivity index (χ1v) is 12.4. The number of hydrogen-bond acceptors (Lipinski definition) is 8. The fourth-order valence-corrected chi connectivity index (χ4v) is 3.51. The van der Waals surface area contributed by atoms with E-state index in [0.717, 1.165) is 0 Å². The summed E-state index contributed by atoms with van der Waals surface area (Å²) in [6, 6.07) is -2.67. The first kappa shape index (κ1) is 26.8. The number of carboxylic acid groups (broad SMARTS) is 1. The maximum Gasteiger partial charge on any atom is 0.322 e. The second-order valence-corrected chi connectivity index (χ2v) is 8.66. The molecule has 0 aliphatic heterocycles. The molecule has 0 aromatic carbocycles. The van der Waals surface area contributed by atoms with Crippen LogP contribution in [0, 0.1) is 0 Å². The molecule has 7 N–H and O–H groups in total. The summed E-state index contributed by atoms with van der Waals surface area (Å²) in [5.74, 6) is -1.59. The summed E-state index contributed by atoms with van der Waals surface area (Å²) in [6.07, 6.45) is 7.69. The van der Waals surface area contributed by atoms with Crippen LogP contribution < -0.4 is 21.7 Å². The summed E-state index contributed by atoms with van der Waals surface area (Å²) >= 11 is 3.01. The summed E-state index contributed by atoms with van der Waals surface area (Å²) in [4.78, 5) is 55.1. The van der Waals surface area contributed by atoms with Crippen LogP contribution in [0.5, 0.6) is 0 Å². The number of carbonyl (C=O) groups is 4. The minimum Gasteiger partial charge on any atom is -0.480 e. The Kier molecular flexibility index (Phi) is 12.7. The van der Waals surface area contributed by atoms with Crippen LogP contribution in [-0.2, 0) is 25.6 Å². The molecular formula is C18H30N6O5S2. The maximum absolute atomic E-state index is 12.8. The number of nitrogens with one attached hydrogen (secondary N) is 4. The highest BCUT2D eigenvalue weighted by atomic mass is 32.2. The fraction of sp³-hybridized carbons (Fsp3) is 0.611. The Morgan fingerprint density at radius 3 is 2.16 bits per heavy atom. The van der Waals surface area contributed by atoms with E-state index in [9.17, 15) is 19.2 Å². The largest absolute Gasteiger partial charge is 0.480 e. The van der Waals surface area contributed by atoms with Gasteiger partial charge in [0.05, 0.1) is 12.4 Å². The van der Waals surface area contributed by atoms with E-state index >= 15 is 0 Å². The van der Waals surface area contributed by atoms with Gasteiger partial charge in [0.25, 0.3) is 0 Å². The Bertz CT molecular complexity index is 718. The number of aliphatic carboxylic acids is 1. The van der Waals surface area contributed by atoms with Gasteiger partial charge in [0.2, 0.25) is 17.7 Å². The van der Waals surface area contributed by atoms with Gasteiger partial charge in [0.1, 0.15) is 18.6 Å². The third-order valence-electron chi connectivity index (χ3n) is 4.23. The minimum atomic E-state index is -1.18. The van der Waals surface area contributed by atoms with Gasteiger partial charge in [0.15, 0.2) is 0 Å². The van der Waals surface area contributed by atoms with Crippen molar-refractivity contribution < 1.29 is 24.3 Å². The molecule has 0 aliphatic rings. The average molecular weight is 475 g/mol. The molecule has 0 radical (unpaired) electrons. The zero-order valence-electron chi connectivity index (χ0n) is 17.6. The number of carbonyl (C=O) groups excluding carboxylic acids is 3. The van der Waals surface area contributed by atoms with Crippen molar-refractivity contribution in [3.8, 4) is 0 Å². The number of amides is 3. The van der Waals surface area contributed by atoms with Gasteiger partial charge >= 0.3 is 5.97 Å². The van der Waals surface area contributed by atoms with Crippen molar-refractivity contribution in [3.63, 3.8) is 0 Å². The fourth-order valence-electron chi connectivity index (χ4n) is 2.57. The molecule has 13 heteroatoms. The number of aromatic nitrogens is 2. The van der Waals surface area contributed by atoms with Crippen molar-refractivity contribution in [3.05, 3.63) is 18.2 Å². The lowest BCUT2D eigenvalue weighted by Gasteiger charge is -2.24. The van der Waals surface area contributed by atoms with Crippen molar-refractivity contribution >= 4 is 47.2 Å². The van der Waals surface area contributed by atoms with Gasteiger partial charge in [-0.15, -0.1) is 0 Å². The average Bonchev–Trinajstić information content (AvgIpc) is 3.24. The predicted octanol–water partition coefficient (Wildman–Crippen LogP) is -1.04. The number of nitrogens with zero attached hydrogens (tertiary/aromatic N) is 1. The lowest BCUT2D eigenvalue weighted by Crippen LogP contribution is -2.56. The van der Waals surface area contributed by atoms with E-state index < -0.39 is 48.4 Å². The monoisotopic (exact) mass is 474 g/mol. The lowest BCUT2D eigenvalue weighted by molar-refractivity contribution is -0.138. The van der Waals surface area contributed by atoms with Gasteiger partial charge < -0.3 is 31.8 Å². The van der Waals surface area contributed by atoms with Gasteiger partial charge in [-0.25, -0.2) is 4.98 Å². The quantitative estimate of drug-likeness (QED) is 0.185. The second-order valence-electron chi connectivity index (χ2n) is 6.68. The van der Waals surface area contributed by atoms with Crippen molar-refractivity contribution in [2.75, 3.05) is 30.6 Å².